The van der Waals surface area contributed by atoms with Crippen LogP contribution in [0.15, 0.2) is 30.3 Å². The third kappa shape index (κ3) is 2.84. The summed E-state index contributed by atoms with van der Waals surface area (Å²) in [6.45, 7) is 1.95. The highest BCUT2D eigenvalue weighted by atomic mass is 16.5. The summed E-state index contributed by atoms with van der Waals surface area (Å²) in [4.78, 5) is 26.4. The van der Waals surface area contributed by atoms with E-state index in [9.17, 15) is 9.59 Å². The zero-order valence-corrected chi connectivity index (χ0v) is 12.4. The minimum atomic E-state index is -0.834. The molecule has 114 valence electrons. The molecule has 2 unspecified atom stereocenters. The van der Waals surface area contributed by atoms with Crippen LogP contribution in [0.1, 0.15) is 25.3 Å². The van der Waals surface area contributed by atoms with Crippen molar-refractivity contribution in [2.24, 2.45) is 0 Å². The summed E-state index contributed by atoms with van der Waals surface area (Å²) in [5.41, 5.74) is 0.00536. The number of benzene rings is 1. The molecule has 5 heteroatoms. The highest BCUT2D eigenvalue weighted by molar-refractivity contribution is 6.09. The summed E-state index contributed by atoms with van der Waals surface area (Å²) >= 11 is 0. The number of aliphatic hydroxyl groups is 1. The third-order valence-corrected chi connectivity index (χ3v) is 4.06. The van der Waals surface area contributed by atoms with Gasteiger partial charge in [0.2, 0.25) is 11.8 Å². The first-order valence-electron chi connectivity index (χ1n) is 7.06. The Balaban J connectivity index is 2.31. The minimum Gasteiger partial charge on any atom is -0.396 e. The molecule has 1 aliphatic heterocycles. The Morgan fingerprint density at radius 2 is 2.00 bits per heavy atom. The van der Waals surface area contributed by atoms with Crippen LogP contribution in [0.4, 0.5) is 0 Å². The predicted molar refractivity (Wildman–Crippen MR) is 77.6 cm³/mol. The van der Waals surface area contributed by atoms with Crippen LogP contribution in [0.3, 0.4) is 0 Å². The number of hydrogen-bond acceptors (Lipinski definition) is 4. The molecule has 0 aromatic heterocycles. The van der Waals surface area contributed by atoms with E-state index in [1.807, 2.05) is 30.3 Å². The third-order valence-electron chi connectivity index (χ3n) is 4.06. The van der Waals surface area contributed by atoms with Gasteiger partial charge >= 0.3 is 0 Å². The highest BCUT2D eigenvalue weighted by Gasteiger charge is 2.51. The molecule has 1 fully saturated rings. The second-order valence-corrected chi connectivity index (χ2v) is 5.57. The first kappa shape index (κ1) is 15.7. The molecule has 0 spiro atoms. The lowest BCUT2D eigenvalue weighted by Crippen LogP contribution is -2.45. The number of aliphatic hydroxyl groups excluding tert-OH is 1. The van der Waals surface area contributed by atoms with Gasteiger partial charge in [0.1, 0.15) is 0 Å². The Morgan fingerprint density at radius 1 is 1.33 bits per heavy atom. The van der Waals surface area contributed by atoms with Crippen molar-refractivity contribution in [3.8, 4) is 0 Å². The zero-order chi connectivity index (χ0) is 15.5. The SMILES string of the molecule is COCC(CCO)N1C(=O)CC(C)(c2ccccc2)C1=O. The monoisotopic (exact) mass is 291 g/mol. The van der Waals surface area contributed by atoms with Gasteiger partial charge < -0.3 is 9.84 Å². The summed E-state index contributed by atoms with van der Waals surface area (Å²) in [6.07, 6.45) is 0.484. The Morgan fingerprint density at radius 3 is 2.57 bits per heavy atom. The number of rotatable bonds is 6. The summed E-state index contributed by atoms with van der Waals surface area (Å²) in [6, 6.07) is 8.93. The van der Waals surface area contributed by atoms with Crippen molar-refractivity contribution in [2.75, 3.05) is 20.3 Å². The molecule has 0 radical (unpaired) electrons. The van der Waals surface area contributed by atoms with Crippen molar-refractivity contribution < 1.29 is 19.4 Å². The minimum absolute atomic E-state index is 0.0901. The van der Waals surface area contributed by atoms with Crippen LogP contribution in [-0.2, 0) is 19.7 Å². The lowest BCUT2D eigenvalue weighted by molar-refractivity contribution is -0.144. The highest BCUT2D eigenvalue weighted by Crippen LogP contribution is 2.37. The van der Waals surface area contributed by atoms with Crippen molar-refractivity contribution in [1.29, 1.82) is 0 Å². The number of carbonyl (C=O) groups excluding carboxylic acids is 2. The number of amides is 2. The molecule has 1 aliphatic rings. The number of ether oxygens (including phenoxy) is 1. The summed E-state index contributed by atoms with van der Waals surface area (Å²) in [5.74, 6) is -0.420. The van der Waals surface area contributed by atoms with E-state index in [-0.39, 0.29) is 31.4 Å². The molecule has 1 saturated heterocycles. The first-order valence-corrected chi connectivity index (χ1v) is 7.06. The fraction of sp³-hybridized carbons (Fsp3) is 0.500. The van der Waals surface area contributed by atoms with Crippen LogP contribution in [0.2, 0.25) is 0 Å². The summed E-state index contributed by atoms with van der Waals surface area (Å²) in [7, 11) is 1.52. The van der Waals surface area contributed by atoms with E-state index in [4.69, 9.17) is 9.84 Å². The Hall–Kier alpha value is -1.72. The van der Waals surface area contributed by atoms with Crippen molar-refractivity contribution in [2.45, 2.75) is 31.2 Å². The van der Waals surface area contributed by atoms with E-state index in [2.05, 4.69) is 0 Å². The topological polar surface area (TPSA) is 66.8 Å². The first-order chi connectivity index (χ1) is 10.0. The van der Waals surface area contributed by atoms with E-state index >= 15 is 0 Å². The molecule has 2 amide bonds. The molecule has 1 N–H and O–H groups in total. The standard InChI is InChI=1S/C16H21NO4/c1-16(12-6-4-3-5-7-12)10-14(19)17(15(16)20)13(8-9-18)11-21-2/h3-7,13,18H,8-11H2,1-2H3. The van der Waals surface area contributed by atoms with Crippen LogP contribution >= 0.6 is 0 Å². The van der Waals surface area contributed by atoms with Gasteiger partial charge in [-0.1, -0.05) is 30.3 Å². The fourth-order valence-corrected chi connectivity index (χ4v) is 2.87. The average Bonchev–Trinajstić information content (AvgIpc) is 2.71. The maximum atomic E-state index is 12.8. The largest absolute Gasteiger partial charge is 0.396 e. The Labute approximate surface area is 124 Å². The molecular weight excluding hydrogens is 270 g/mol. The predicted octanol–water partition coefficient (Wildman–Crippen LogP) is 1.10. The van der Waals surface area contributed by atoms with Crippen LogP contribution in [-0.4, -0.2) is 48.2 Å². The van der Waals surface area contributed by atoms with Crippen molar-refractivity contribution in [3.05, 3.63) is 35.9 Å². The quantitative estimate of drug-likeness (QED) is 0.797. The molecule has 2 atom stereocenters. The maximum absolute atomic E-state index is 12.8. The van der Waals surface area contributed by atoms with Crippen molar-refractivity contribution >= 4 is 11.8 Å². The molecule has 5 nitrogen and oxygen atoms in total. The van der Waals surface area contributed by atoms with Gasteiger partial charge in [-0.3, -0.25) is 14.5 Å². The van der Waals surface area contributed by atoms with Gasteiger partial charge in [0.25, 0.3) is 0 Å². The van der Waals surface area contributed by atoms with E-state index in [0.717, 1.165) is 5.56 Å². The molecule has 21 heavy (non-hydrogen) atoms. The lowest BCUT2D eigenvalue weighted by atomic mass is 9.81. The normalized spacial score (nSPS) is 23.7. The smallest absolute Gasteiger partial charge is 0.240 e. The van der Waals surface area contributed by atoms with Gasteiger partial charge in [0, 0.05) is 20.1 Å². The maximum Gasteiger partial charge on any atom is 0.240 e. The van der Waals surface area contributed by atoms with E-state index in [0.29, 0.717) is 6.42 Å². The van der Waals surface area contributed by atoms with Crippen LogP contribution < -0.4 is 0 Å². The van der Waals surface area contributed by atoms with Gasteiger partial charge in [0.15, 0.2) is 0 Å². The van der Waals surface area contributed by atoms with Gasteiger partial charge in [-0.25, -0.2) is 0 Å². The lowest BCUT2D eigenvalue weighted by Gasteiger charge is -2.28. The van der Waals surface area contributed by atoms with Crippen LogP contribution in [0, 0.1) is 0 Å². The Bertz CT molecular complexity index is 510. The molecular formula is C16H21NO4. The number of nitrogens with zero attached hydrogens (tertiary/aromatic N) is 1. The van der Waals surface area contributed by atoms with Crippen LogP contribution in [0.25, 0.3) is 0 Å². The molecule has 1 aromatic rings. The number of likely N-dealkylation sites (tertiary alicyclic amines) is 1. The van der Waals surface area contributed by atoms with E-state index < -0.39 is 11.5 Å². The van der Waals surface area contributed by atoms with Gasteiger partial charge in [-0.2, -0.15) is 0 Å². The number of methoxy groups -OCH3 is 1. The average molecular weight is 291 g/mol. The molecule has 1 heterocycles. The van der Waals surface area contributed by atoms with Crippen LogP contribution in [0.5, 0.6) is 0 Å². The molecule has 0 aliphatic carbocycles. The number of hydrogen-bond donors (Lipinski definition) is 1. The fourth-order valence-electron chi connectivity index (χ4n) is 2.87. The second-order valence-electron chi connectivity index (χ2n) is 5.57. The molecule has 2 rings (SSSR count). The summed E-state index contributed by atoms with van der Waals surface area (Å²) in [5, 5.41) is 9.14. The summed E-state index contributed by atoms with van der Waals surface area (Å²) < 4.78 is 5.08. The second kappa shape index (κ2) is 6.37. The van der Waals surface area contributed by atoms with Crippen molar-refractivity contribution in [1.82, 2.24) is 4.90 Å². The van der Waals surface area contributed by atoms with Gasteiger partial charge in [-0.15, -0.1) is 0 Å². The molecule has 0 saturated carbocycles. The molecule has 1 aromatic carbocycles. The number of imide groups is 1. The Kier molecular flexibility index (Phi) is 4.75. The van der Waals surface area contributed by atoms with Crippen molar-refractivity contribution in [3.63, 3.8) is 0 Å². The van der Waals surface area contributed by atoms with E-state index in [1.54, 1.807) is 6.92 Å². The van der Waals surface area contributed by atoms with Gasteiger partial charge in [-0.05, 0) is 18.9 Å². The zero-order valence-electron chi connectivity index (χ0n) is 12.4. The van der Waals surface area contributed by atoms with E-state index in [1.165, 1.54) is 12.0 Å². The molecule has 0 bridgehead atoms. The van der Waals surface area contributed by atoms with Gasteiger partial charge in [0.05, 0.1) is 18.1 Å². The number of carbonyl (C=O) groups is 2.